The zero-order valence-corrected chi connectivity index (χ0v) is 31.1. The van der Waals surface area contributed by atoms with Crippen LogP contribution < -0.4 is 5.32 Å². The first-order chi connectivity index (χ1) is 27.4. The minimum atomic E-state index is -2.07. The van der Waals surface area contributed by atoms with Crippen LogP contribution in [0.4, 0.5) is 0 Å². The summed E-state index contributed by atoms with van der Waals surface area (Å²) in [6.07, 6.45) is -44.3. The Labute approximate surface area is 329 Å². The fourth-order valence-electron chi connectivity index (χ4n) is 7.34. The van der Waals surface area contributed by atoms with E-state index >= 15 is 0 Å². The van der Waals surface area contributed by atoms with E-state index in [1.165, 1.54) is 6.92 Å². The van der Waals surface area contributed by atoms with Crippen molar-refractivity contribution in [2.45, 2.75) is 167 Å². The molecular formula is C32H55NO25. The molecule has 1 unspecified atom stereocenters. The molecule has 0 saturated carbocycles. The van der Waals surface area contributed by atoms with E-state index in [-0.39, 0.29) is 0 Å². The molecule has 5 heterocycles. The minimum absolute atomic E-state index is 0.822. The van der Waals surface area contributed by atoms with Crippen LogP contribution in [0.3, 0.4) is 0 Å². The summed E-state index contributed by atoms with van der Waals surface area (Å²) in [5, 5.41) is 160. The van der Waals surface area contributed by atoms with Crippen molar-refractivity contribution in [3.63, 3.8) is 0 Å². The van der Waals surface area contributed by atoms with Crippen molar-refractivity contribution in [2.75, 3.05) is 26.4 Å². The molecule has 26 nitrogen and oxygen atoms in total. The van der Waals surface area contributed by atoms with Gasteiger partial charge in [-0.3, -0.25) is 4.79 Å². The highest BCUT2D eigenvalue weighted by Crippen LogP contribution is 2.37. The van der Waals surface area contributed by atoms with Crippen LogP contribution in [0.5, 0.6) is 0 Å². The number of rotatable bonds is 13. The molecule has 1 amide bonds. The molecule has 0 radical (unpaired) electrons. The van der Waals surface area contributed by atoms with Crippen LogP contribution in [0.15, 0.2) is 0 Å². The molecule has 0 aliphatic carbocycles. The summed E-state index contributed by atoms with van der Waals surface area (Å²) in [5.41, 5.74) is 0. The van der Waals surface area contributed by atoms with Gasteiger partial charge in [0.25, 0.3) is 0 Å². The molecular weight excluding hydrogens is 798 g/mol. The Morgan fingerprint density at radius 3 is 1.43 bits per heavy atom. The van der Waals surface area contributed by atoms with Gasteiger partial charge in [-0.25, -0.2) is 0 Å². The average Bonchev–Trinajstić information content (AvgIpc) is 3.19. The fraction of sp³-hybridized carbons (Fsp3) is 0.969. The van der Waals surface area contributed by atoms with Crippen molar-refractivity contribution in [3.05, 3.63) is 0 Å². The lowest BCUT2D eigenvalue weighted by atomic mass is 9.94. The highest BCUT2D eigenvalue weighted by molar-refractivity contribution is 5.73. The maximum Gasteiger partial charge on any atom is 0.217 e. The predicted molar refractivity (Wildman–Crippen MR) is 177 cm³/mol. The van der Waals surface area contributed by atoms with Gasteiger partial charge in [0.05, 0.1) is 32.5 Å². The molecule has 0 aromatic rings. The number of carbonyl (C=O) groups is 1. The van der Waals surface area contributed by atoms with Crippen molar-refractivity contribution in [1.29, 1.82) is 0 Å². The standard InChI is InChI=1S/C32H55NO25/c1-7-14(39)19(44)21(46)30(50-7)58-27-26(57-31-22(47)20(45)15(40)9(3-34)53-31)18(43)12(6-37)54-32(27)55-24-13(33-8(2)38)29(52-11(5-36)16(24)41)56-25-17(42)10(4-35)51-28(49)23(25)48/h7,9-32,34-37,39-49H,3-6H2,1-2H3,(H,33,38)/t7-,9+,10+,11+,12+,13+,14+,15-,16+,17-,18-,19+,20-,21-,22+,23+,24+,25-,26-,27+,28?,29-,30-,31+,32-/m0/s1. The van der Waals surface area contributed by atoms with Gasteiger partial charge < -0.3 is 125 Å². The molecule has 5 saturated heterocycles. The lowest BCUT2D eigenvalue weighted by Crippen LogP contribution is -2.71. The smallest absolute Gasteiger partial charge is 0.217 e. The Bertz CT molecular complexity index is 1310. The first-order valence-electron chi connectivity index (χ1n) is 18.5. The van der Waals surface area contributed by atoms with E-state index in [2.05, 4.69) is 5.32 Å². The van der Waals surface area contributed by atoms with Gasteiger partial charge in [-0.05, 0) is 6.92 Å². The molecule has 0 aromatic carbocycles. The number of hydrogen-bond donors (Lipinski definition) is 16. The van der Waals surface area contributed by atoms with E-state index in [0.29, 0.717) is 0 Å². The number of carbonyl (C=O) groups excluding carboxylic acids is 1. The molecule has 5 rings (SSSR count). The molecule has 5 fully saturated rings. The van der Waals surface area contributed by atoms with Gasteiger partial charge in [-0.15, -0.1) is 0 Å². The van der Waals surface area contributed by atoms with Crippen LogP contribution in [0, 0.1) is 0 Å². The summed E-state index contributed by atoms with van der Waals surface area (Å²) in [7, 11) is 0. The second-order valence-electron chi connectivity index (χ2n) is 14.7. The van der Waals surface area contributed by atoms with Gasteiger partial charge in [0.15, 0.2) is 31.5 Å². The molecule has 5 aliphatic rings. The molecule has 5 aliphatic heterocycles. The van der Waals surface area contributed by atoms with Crippen molar-refractivity contribution < 1.29 is 124 Å². The van der Waals surface area contributed by atoms with E-state index in [4.69, 9.17) is 42.6 Å². The second-order valence-corrected chi connectivity index (χ2v) is 14.7. The van der Waals surface area contributed by atoms with Crippen LogP contribution in [0.2, 0.25) is 0 Å². The summed E-state index contributed by atoms with van der Waals surface area (Å²) in [5.74, 6) is -0.822. The first kappa shape index (κ1) is 47.6. The molecule has 16 N–H and O–H groups in total. The fourth-order valence-corrected chi connectivity index (χ4v) is 7.34. The number of aliphatic hydroxyl groups is 15. The maximum absolute atomic E-state index is 12.6. The molecule has 58 heavy (non-hydrogen) atoms. The number of nitrogens with one attached hydrogen (secondary N) is 1. The van der Waals surface area contributed by atoms with Crippen LogP contribution >= 0.6 is 0 Å². The van der Waals surface area contributed by atoms with Crippen molar-refractivity contribution in [2.24, 2.45) is 0 Å². The summed E-state index contributed by atoms with van der Waals surface area (Å²) in [6.45, 7) is -1.39. The van der Waals surface area contributed by atoms with E-state index in [0.717, 1.165) is 6.92 Å². The van der Waals surface area contributed by atoms with Crippen LogP contribution in [-0.4, -0.2) is 262 Å². The summed E-state index contributed by atoms with van der Waals surface area (Å²) < 4.78 is 51.4. The third-order valence-electron chi connectivity index (χ3n) is 10.7. The van der Waals surface area contributed by atoms with E-state index in [1.807, 2.05) is 0 Å². The molecule has 0 aromatic heterocycles. The maximum atomic E-state index is 12.6. The molecule has 25 atom stereocenters. The number of aliphatic hydroxyl groups excluding tert-OH is 15. The molecule has 338 valence electrons. The number of amides is 1. The molecule has 26 heteroatoms. The Morgan fingerprint density at radius 1 is 0.448 bits per heavy atom. The zero-order chi connectivity index (χ0) is 42.9. The monoisotopic (exact) mass is 853 g/mol. The van der Waals surface area contributed by atoms with Gasteiger partial charge in [-0.1, -0.05) is 0 Å². The molecule has 0 spiro atoms. The number of ether oxygens (including phenoxy) is 9. The minimum Gasteiger partial charge on any atom is -0.394 e. The highest BCUT2D eigenvalue weighted by atomic mass is 16.8. The summed E-state index contributed by atoms with van der Waals surface area (Å²) >= 11 is 0. The summed E-state index contributed by atoms with van der Waals surface area (Å²) in [4.78, 5) is 12.6. The average molecular weight is 854 g/mol. The Balaban J connectivity index is 1.54. The van der Waals surface area contributed by atoms with Gasteiger partial charge in [-0.2, -0.15) is 0 Å². The Morgan fingerprint density at radius 2 is 0.862 bits per heavy atom. The second kappa shape index (κ2) is 20.1. The third kappa shape index (κ3) is 9.75. The molecule has 0 bridgehead atoms. The van der Waals surface area contributed by atoms with Crippen molar-refractivity contribution >= 4 is 5.91 Å². The van der Waals surface area contributed by atoms with Gasteiger partial charge in [0, 0.05) is 6.92 Å². The van der Waals surface area contributed by atoms with Crippen molar-refractivity contribution in [3.8, 4) is 0 Å². The highest BCUT2D eigenvalue weighted by Gasteiger charge is 2.58. The summed E-state index contributed by atoms with van der Waals surface area (Å²) in [6, 6.07) is -1.72. The normalized spacial score (nSPS) is 51.6. The third-order valence-corrected chi connectivity index (χ3v) is 10.7. The van der Waals surface area contributed by atoms with E-state index < -0.39 is 186 Å². The van der Waals surface area contributed by atoms with Gasteiger partial charge in [0.1, 0.15) is 116 Å². The predicted octanol–water partition coefficient (Wildman–Crippen LogP) is -10.8. The quantitative estimate of drug-likeness (QED) is 0.0818. The van der Waals surface area contributed by atoms with Crippen LogP contribution in [0.25, 0.3) is 0 Å². The number of hydrogen-bond acceptors (Lipinski definition) is 25. The first-order valence-corrected chi connectivity index (χ1v) is 18.5. The van der Waals surface area contributed by atoms with E-state index in [1.54, 1.807) is 0 Å². The topological polar surface area (TPSA) is 416 Å². The van der Waals surface area contributed by atoms with Gasteiger partial charge in [0.2, 0.25) is 5.91 Å². The lowest BCUT2D eigenvalue weighted by Gasteiger charge is -2.51. The van der Waals surface area contributed by atoms with Crippen LogP contribution in [-0.2, 0) is 47.4 Å². The van der Waals surface area contributed by atoms with Crippen LogP contribution in [0.1, 0.15) is 13.8 Å². The van der Waals surface area contributed by atoms with Crippen molar-refractivity contribution in [1.82, 2.24) is 5.32 Å². The Kier molecular flexibility index (Phi) is 16.5. The van der Waals surface area contributed by atoms with E-state index in [9.17, 15) is 81.4 Å². The largest absolute Gasteiger partial charge is 0.394 e. The zero-order valence-electron chi connectivity index (χ0n) is 31.1. The van der Waals surface area contributed by atoms with Gasteiger partial charge >= 0.3 is 0 Å². The Hall–Kier alpha value is -1.49. The lowest BCUT2D eigenvalue weighted by molar-refractivity contribution is -0.403. The SMILES string of the molecule is CC(=O)N[C@H]1[C@H](O[C@H]2[C@@H](O)[C@@H](CO)OC(O)[C@@H]2O)O[C@H](CO)[C@@H](O)[C@@H]1O[C@@H]1O[C@H](CO)[C@H](O)[C@H](O[C@H]2O[C@H](CO)[C@H](O)[C@H](O)[C@H]2O)[C@H]1O[C@@H]1O[C@@H](C)[C@@H](O)[C@@H](O)[C@@H]1O.